The van der Waals surface area contributed by atoms with E-state index in [2.05, 4.69) is 50.4 Å². The third kappa shape index (κ3) is 5.32. The molecule has 0 spiro atoms. The molecule has 0 saturated carbocycles. The lowest BCUT2D eigenvalue weighted by molar-refractivity contribution is 0.0636. The average molecular weight is 331 g/mol. The Bertz CT molecular complexity index is 398. The number of nitrogens with one attached hydrogen (secondary N) is 2. The van der Waals surface area contributed by atoms with Crippen LogP contribution in [0.25, 0.3) is 0 Å². The molecule has 1 rings (SSSR count). The van der Waals surface area contributed by atoms with Gasteiger partial charge in [0.15, 0.2) is 0 Å². The van der Waals surface area contributed by atoms with Crippen LogP contribution < -0.4 is 10.6 Å². The summed E-state index contributed by atoms with van der Waals surface area (Å²) in [5, 5.41) is 16.5. The third-order valence-electron chi connectivity index (χ3n) is 2.76. The standard InChI is InChI=1S/C13H23BrN4O/c1-4-6-13(3,19)8-16-12-10(14)11(15-7-5-2)17-9-18-12/h9,19H,4-8H2,1-3H3,(H2,15,16,17,18). The van der Waals surface area contributed by atoms with Crippen molar-refractivity contribution in [1.29, 1.82) is 0 Å². The molecule has 0 aliphatic carbocycles. The minimum absolute atomic E-state index is 0.462. The van der Waals surface area contributed by atoms with E-state index in [1.165, 1.54) is 6.33 Å². The maximum absolute atomic E-state index is 10.1. The predicted molar refractivity (Wildman–Crippen MR) is 82.5 cm³/mol. The number of nitrogens with zero attached hydrogens (tertiary/aromatic N) is 2. The van der Waals surface area contributed by atoms with Gasteiger partial charge in [0.2, 0.25) is 0 Å². The second-order valence-electron chi connectivity index (χ2n) is 4.91. The summed E-state index contributed by atoms with van der Waals surface area (Å²) < 4.78 is 0.802. The van der Waals surface area contributed by atoms with Gasteiger partial charge >= 0.3 is 0 Å². The SMILES string of the molecule is CCCNc1ncnc(NCC(C)(O)CCC)c1Br. The van der Waals surface area contributed by atoms with E-state index in [9.17, 15) is 5.11 Å². The lowest BCUT2D eigenvalue weighted by Gasteiger charge is -2.23. The van der Waals surface area contributed by atoms with Crippen LogP contribution in [0.2, 0.25) is 0 Å². The summed E-state index contributed by atoms with van der Waals surface area (Å²) in [6.45, 7) is 7.31. The van der Waals surface area contributed by atoms with Gasteiger partial charge < -0.3 is 15.7 Å². The van der Waals surface area contributed by atoms with E-state index < -0.39 is 5.60 Å². The smallest absolute Gasteiger partial charge is 0.146 e. The predicted octanol–water partition coefficient (Wildman–Crippen LogP) is 3.02. The van der Waals surface area contributed by atoms with Gasteiger partial charge in [0.05, 0.1) is 5.60 Å². The van der Waals surface area contributed by atoms with Crippen LogP contribution in [0.4, 0.5) is 11.6 Å². The largest absolute Gasteiger partial charge is 0.388 e. The van der Waals surface area contributed by atoms with Crippen molar-refractivity contribution in [3.63, 3.8) is 0 Å². The molecule has 0 bridgehead atoms. The second-order valence-corrected chi connectivity index (χ2v) is 5.71. The quantitative estimate of drug-likeness (QED) is 0.683. The molecule has 0 aliphatic rings. The van der Waals surface area contributed by atoms with Gasteiger partial charge in [0.1, 0.15) is 22.4 Å². The average Bonchev–Trinajstić information content (AvgIpc) is 2.36. The van der Waals surface area contributed by atoms with Gasteiger partial charge in [-0.3, -0.25) is 0 Å². The van der Waals surface area contributed by atoms with Gasteiger partial charge in [-0.1, -0.05) is 20.3 Å². The zero-order valence-electron chi connectivity index (χ0n) is 11.8. The molecule has 1 aromatic rings. The van der Waals surface area contributed by atoms with Crippen LogP contribution in [0.3, 0.4) is 0 Å². The van der Waals surface area contributed by atoms with Gasteiger partial charge in [-0.2, -0.15) is 0 Å². The maximum Gasteiger partial charge on any atom is 0.146 e. The molecule has 0 radical (unpaired) electrons. The molecular formula is C13H23BrN4O. The zero-order valence-corrected chi connectivity index (χ0v) is 13.4. The molecule has 108 valence electrons. The van der Waals surface area contributed by atoms with E-state index in [1.807, 2.05) is 6.92 Å². The normalized spacial score (nSPS) is 13.9. The number of halogens is 1. The molecule has 1 aromatic heterocycles. The molecular weight excluding hydrogens is 308 g/mol. The Labute approximate surface area is 123 Å². The summed E-state index contributed by atoms with van der Waals surface area (Å²) in [4.78, 5) is 8.38. The summed E-state index contributed by atoms with van der Waals surface area (Å²) in [5.41, 5.74) is -0.726. The Balaban J connectivity index is 2.68. The summed E-state index contributed by atoms with van der Waals surface area (Å²) in [6.07, 6.45) is 4.25. The molecule has 0 aliphatic heterocycles. The summed E-state index contributed by atoms with van der Waals surface area (Å²) in [7, 11) is 0. The van der Waals surface area contributed by atoms with E-state index in [-0.39, 0.29) is 0 Å². The van der Waals surface area contributed by atoms with Crippen LogP contribution in [0, 0.1) is 0 Å². The summed E-state index contributed by atoms with van der Waals surface area (Å²) in [5.74, 6) is 1.47. The molecule has 0 fully saturated rings. The monoisotopic (exact) mass is 330 g/mol. The Hall–Kier alpha value is -0.880. The van der Waals surface area contributed by atoms with E-state index in [1.54, 1.807) is 0 Å². The molecule has 5 nitrogen and oxygen atoms in total. The van der Waals surface area contributed by atoms with Crippen molar-refractivity contribution in [3.8, 4) is 0 Å². The van der Waals surface area contributed by atoms with Crippen LogP contribution in [0.1, 0.15) is 40.0 Å². The first-order valence-electron chi connectivity index (χ1n) is 6.70. The van der Waals surface area contributed by atoms with Gasteiger partial charge in [0, 0.05) is 13.1 Å². The Kier molecular flexibility index (Phi) is 6.51. The highest BCUT2D eigenvalue weighted by molar-refractivity contribution is 9.10. The van der Waals surface area contributed by atoms with Crippen LogP contribution in [-0.4, -0.2) is 33.8 Å². The first-order valence-corrected chi connectivity index (χ1v) is 7.50. The fourth-order valence-electron chi connectivity index (χ4n) is 1.76. The first kappa shape index (κ1) is 16.2. The molecule has 0 saturated heterocycles. The van der Waals surface area contributed by atoms with Crippen LogP contribution in [-0.2, 0) is 0 Å². The second kappa shape index (κ2) is 7.65. The topological polar surface area (TPSA) is 70.1 Å². The fourth-order valence-corrected chi connectivity index (χ4v) is 2.25. The summed E-state index contributed by atoms with van der Waals surface area (Å²) in [6, 6.07) is 0. The highest BCUT2D eigenvalue weighted by atomic mass is 79.9. The molecule has 19 heavy (non-hydrogen) atoms. The zero-order chi connectivity index (χ0) is 14.3. The number of rotatable bonds is 8. The van der Waals surface area contributed by atoms with Gasteiger partial charge in [-0.05, 0) is 35.7 Å². The lowest BCUT2D eigenvalue weighted by Crippen LogP contribution is -2.33. The van der Waals surface area contributed by atoms with Crippen molar-refractivity contribution in [2.75, 3.05) is 23.7 Å². The van der Waals surface area contributed by atoms with Crippen molar-refractivity contribution in [2.45, 2.75) is 45.6 Å². The lowest BCUT2D eigenvalue weighted by atomic mass is 10.0. The Morgan fingerprint density at radius 1 is 1.21 bits per heavy atom. The van der Waals surface area contributed by atoms with Crippen LogP contribution in [0.15, 0.2) is 10.8 Å². The number of hydrogen-bond acceptors (Lipinski definition) is 5. The number of anilines is 2. The minimum Gasteiger partial charge on any atom is -0.388 e. The number of aromatic nitrogens is 2. The van der Waals surface area contributed by atoms with Gasteiger partial charge in [0.25, 0.3) is 0 Å². The van der Waals surface area contributed by atoms with Crippen LogP contribution >= 0.6 is 15.9 Å². The van der Waals surface area contributed by atoms with Crippen LogP contribution in [0.5, 0.6) is 0 Å². The molecule has 1 atom stereocenters. The van der Waals surface area contributed by atoms with E-state index in [4.69, 9.17) is 0 Å². The molecule has 3 N–H and O–H groups in total. The van der Waals surface area contributed by atoms with Crippen molar-refractivity contribution < 1.29 is 5.11 Å². The highest BCUT2D eigenvalue weighted by Gasteiger charge is 2.19. The molecule has 1 heterocycles. The third-order valence-corrected chi connectivity index (χ3v) is 3.51. The van der Waals surface area contributed by atoms with Crippen molar-refractivity contribution >= 4 is 27.6 Å². The minimum atomic E-state index is -0.726. The van der Waals surface area contributed by atoms with Crippen molar-refractivity contribution in [1.82, 2.24) is 9.97 Å². The molecule has 0 amide bonds. The van der Waals surface area contributed by atoms with Gasteiger partial charge in [-0.25, -0.2) is 9.97 Å². The maximum atomic E-state index is 10.1. The van der Waals surface area contributed by atoms with E-state index in [0.717, 1.165) is 36.1 Å². The molecule has 0 aromatic carbocycles. The van der Waals surface area contributed by atoms with Crippen molar-refractivity contribution in [3.05, 3.63) is 10.8 Å². The Morgan fingerprint density at radius 2 is 1.84 bits per heavy atom. The van der Waals surface area contributed by atoms with Crippen molar-refractivity contribution in [2.24, 2.45) is 0 Å². The number of aliphatic hydroxyl groups is 1. The van der Waals surface area contributed by atoms with E-state index >= 15 is 0 Å². The van der Waals surface area contributed by atoms with Gasteiger partial charge in [-0.15, -0.1) is 0 Å². The first-order chi connectivity index (χ1) is 9.00. The Morgan fingerprint density at radius 3 is 2.42 bits per heavy atom. The fraction of sp³-hybridized carbons (Fsp3) is 0.692. The molecule has 1 unspecified atom stereocenters. The summed E-state index contributed by atoms with van der Waals surface area (Å²) >= 11 is 3.49. The number of hydrogen-bond donors (Lipinski definition) is 3. The molecule has 6 heteroatoms. The highest BCUT2D eigenvalue weighted by Crippen LogP contribution is 2.27. The van der Waals surface area contributed by atoms with E-state index in [0.29, 0.717) is 12.4 Å².